The van der Waals surface area contributed by atoms with Crippen molar-refractivity contribution < 1.29 is 33.4 Å². The highest BCUT2D eigenvalue weighted by Crippen LogP contribution is 2.31. The number of aldehydes is 2. The molecule has 1 atom stereocenters. The van der Waals surface area contributed by atoms with Crippen LogP contribution < -0.4 is 10.6 Å². The van der Waals surface area contributed by atoms with Crippen LogP contribution in [0.2, 0.25) is 0 Å². The molecule has 1 heterocycles. The van der Waals surface area contributed by atoms with Gasteiger partial charge in [-0.1, -0.05) is 25.8 Å². The van der Waals surface area contributed by atoms with Gasteiger partial charge in [0.15, 0.2) is 0 Å². The van der Waals surface area contributed by atoms with Crippen molar-refractivity contribution in [2.45, 2.75) is 39.3 Å². The number of likely N-dealkylation sites (N-methyl/N-ethyl adjacent to an activating group) is 1. The number of carbonyl (C=O) groups is 4. The van der Waals surface area contributed by atoms with Crippen molar-refractivity contribution >= 4 is 30.1 Å². The van der Waals surface area contributed by atoms with E-state index >= 15 is 0 Å². The monoisotopic (exact) mass is 505 g/mol. The highest BCUT2D eigenvalue weighted by Gasteiger charge is 2.36. The largest absolute Gasteiger partial charge is 0.388 e. The molecule has 2 amide bonds. The van der Waals surface area contributed by atoms with E-state index in [4.69, 9.17) is 20.6 Å². The van der Waals surface area contributed by atoms with Crippen molar-refractivity contribution in [3.63, 3.8) is 0 Å². The van der Waals surface area contributed by atoms with Crippen LogP contribution in [0.25, 0.3) is 0 Å². The number of terminal acetylenes is 1. The summed E-state index contributed by atoms with van der Waals surface area (Å²) in [6.45, 7) is 6.68. The number of hydrogen-bond acceptors (Lipinski definition) is 8. The summed E-state index contributed by atoms with van der Waals surface area (Å²) in [5.74, 6) is 1.93. The Morgan fingerprint density at radius 2 is 1.78 bits per heavy atom. The second kappa shape index (κ2) is 21.1. The number of rotatable bonds is 15. The van der Waals surface area contributed by atoms with Gasteiger partial charge in [0.25, 0.3) is 5.91 Å². The predicted octanol–water partition coefficient (Wildman–Crippen LogP) is 1.67. The first-order chi connectivity index (χ1) is 17.5. The van der Waals surface area contributed by atoms with Gasteiger partial charge in [0.1, 0.15) is 31.8 Å². The lowest BCUT2D eigenvalue weighted by Crippen LogP contribution is -2.46. The molecule has 0 aromatic heterocycles. The van der Waals surface area contributed by atoms with E-state index in [1.165, 1.54) is 11.9 Å². The van der Waals surface area contributed by atoms with E-state index in [9.17, 15) is 19.2 Å². The smallest absolute Gasteiger partial charge is 0.255 e. The summed E-state index contributed by atoms with van der Waals surface area (Å²) < 4.78 is 14.9. The second-order valence-electron chi connectivity index (χ2n) is 7.00. The molecule has 1 aliphatic rings. The average Bonchev–Trinajstić information content (AvgIpc) is 3.25. The molecule has 10 nitrogen and oxygen atoms in total. The molecule has 1 aromatic carbocycles. The van der Waals surface area contributed by atoms with Crippen LogP contribution in [-0.2, 0) is 35.1 Å². The van der Waals surface area contributed by atoms with E-state index in [1.807, 2.05) is 26.0 Å². The molecule has 0 spiro atoms. The van der Waals surface area contributed by atoms with Gasteiger partial charge in [0.05, 0.1) is 26.4 Å². The summed E-state index contributed by atoms with van der Waals surface area (Å²) in [7, 11) is 3.33. The number of fused-ring (bicyclic) bond motifs is 1. The molecule has 2 N–H and O–H groups in total. The summed E-state index contributed by atoms with van der Waals surface area (Å²) in [6.07, 6.45) is 7.00. The predicted molar refractivity (Wildman–Crippen MR) is 138 cm³/mol. The van der Waals surface area contributed by atoms with Gasteiger partial charge in [0.2, 0.25) is 5.91 Å². The van der Waals surface area contributed by atoms with Crippen molar-refractivity contribution in [1.82, 2.24) is 10.2 Å². The number of amides is 2. The SMILES string of the molecule is C#CCOCCOCCOCC=O.CC.CNC(=O)C(CCC=O)N1Cc2c(NC)cccc2C1=O. The lowest BCUT2D eigenvalue weighted by molar-refractivity contribution is -0.125. The number of anilines is 1. The normalized spacial score (nSPS) is 12.1. The summed E-state index contributed by atoms with van der Waals surface area (Å²) in [6, 6.07) is 4.85. The van der Waals surface area contributed by atoms with Crippen LogP contribution in [-0.4, -0.2) is 89.1 Å². The van der Waals surface area contributed by atoms with Crippen molar-refractivity contribution in [3.05, 3.63) is 29.3 Å². The summed E-state index contributed by atoms with van der Waals surface area (Å²) in [4.78, 5) is 46.5. The molecule has 0 saturated heterocycles. The third-order valence-electron chi connectivity index (χ3n) is 4.86. The van der Waals surface area contributed by atoms with E-state index in [0.29, 0.717) is 57.8 Å². The maximum Gasteiger partial charge on any atom is 0.255 e. The van der Waals surface area contributed by atoms with Crippen LogP contribution in [0.1, 0.15) is 42.6 Å². The average molecular weight is 506 g/mol. The molecular weight excluding hydrogens is 466 g/mol. The molecule has 36 heavy (non-hydrogen) atoms. The Labute approximate surface area is 214 Å². The molecular formula is C26H39N3O7. The number of ether oxygens (including phenoxy) is 3. The zero-order valence-electron chi connectivity index (χ0n) is 21.7. The first-order valence-corrected chi connectivity index (χ1v) is 11.9. The van der Waals surface area contributed by atoms with E-state index in [1.54, 1.807) is 13.1 Å². The standard InChI is InChI=1S/C15H19N3O3.C9H14O4.C2H6/c1-16-12-6-3-5-10-11(12)9-18(15(10)21)13(7-4-8-19)14(20)17-2;1-2-4-11-6-8-13-9-7-12-5-3-10;1-2/h3,5-6,8,13,16H,4,7,9H2,1-2H3,(H,17,20);1,3H,4-9H2;1-2H3. The molecule has 0 fully saturated rings. The highest BCUT2D eigenvalue weighted by atomic mass is 16.5. The lowest BCUT2D eigenvalue weighted by Gasteiger charge is -2.25. The Morgan fingerprint density at radius 3 is 2.36 bits per heavy atom. The van der Waals surface area contributed by atoms with Crippen molar-refractivity contribution in [2.24, 2.45) is 0 Å². The van der Waals surface area contributed by atoms with Crippen LogP contribution in [0.5, 0.6) is 0 Å². The van der Waals surface area contributed by atoms with E-state index in [-0.39, 0.29) is 24.8 Å². The fraction of sp³-hybridized carbons (Fsp3) is 0.538. The molecule has 0 aliphatic carbocycles. The third-order valence-corrected chi connectivity index (χ3v) is 4.86. The van der Waals surface area contributed by atoms with Gasteiger partial charge < -0.3 is 39.3 Å². The molecule has 1 aromatic rings. The number of nitrogens with zero attached hydrogens (tertiary/aromatic N) is 1. The Morgan fingerprint density at radius 1 is 1.11 bits per heavy atom. The van der Waals surface area contributed by atoms with Crippen LogP contribution in [0.3, 0.4) is 0 Å². The fourth-order valence-electron chi connectivity index (χ4n) is 3.26. The molecule has 10 heteroatoms. The minimum absolute atomic E-state index is 0.122. The summed E-state index contributed by atoms with van der Waals surface area (Å²) in [5.41, 5.74) is 2.39. The van der Waals surface area contributed by atoms with Gasteiger partial charge in [-0.3, -0.25) is 9.59 Å². The van der Waals surface area contributed by atoms with Crippen molar-refractivity contribution in [2.75, 3.05) is 59.1 Å². The van der Waals surface area contributed by atoms with Crippen molar-refractivity contribution in [3.8, 4) is 12.3 Å². The maximum atomic E-state index is 12.5. The number of benzene rings is 1. The molecule has 200 valence electrons. The van der Waals surface area contributed by atoms with Gasteiger partial charge in [-0.2, -0.15) is 0 Å². The quantitative estimate of drug-likeness (QED) is 0.210. The molecule has 0 saturated carbocycles. The Hall–Kier alpha value is -3.26. The number of carbonyl (C=O) groups excluding carboxylic acids is 4. The number of nitrogens with one attached hydrogen (secondary N) is 2. The van der Waals surface area contributed by atoms with Crippen LogP contribution in [0, 0.1) is 12.3 Å². The van der Waals surface area contributed by atoms with E-state index in [0.717, 1.165) is 17.5 Å². The van der Waals surface area contributed by atoms with Gasteiger partial charge in [-0.15, -0.1) is 6.42 Å². The Bertz CT molecular complexity index is 839. The van der Waals surface area contributed by atoms with Gasteiger partial charge in [-0.25, -0.2) is 0 Å². The number of hydrogen-bond donors (Lipinski definition) is 2. The highest BCUT2D eigenvalue weighted by molar-refractivity contribution is 6.02. The molecule has 1 aliphatic heterocycles. The molecule has 2 rings (SSSR count). The minimum atomic E-state index is -0.621. The molecule has 0 radical (unpaired) electrons. The molecule has 1 unspecified atom stereocenters. The Kier molecular flexibility index (Phi) is 19.2. The van der Waals surface area contributed by atoms with E-state index in [2.05, 4.69) is 16.6 Å². The van der Waals surface area contributed by atoms with Gasteiger partial charge >= 0.3 is 0 Å². The van der Waals surface area contributed by atoms with Gasteiger partial charge in [-0.05, 0) is 18.6 Å². The summed E-state index contributed by atoms with van der Waals surface area (Å²) in [5, 5.41) is 5.62. The van der Waals surface area contributed by atoms with Crippen molar-refractivity contribution in [1.29, 1.82) is 0 Å². The van der Waals surface area contributed by atoms with Crippen LogP contribution >= 0.6 is 0 Å². The first kappa shape index (κ1) is 32.7. The topological polar surface area (TPSA) is 123 Å². The first-order valence-electron chi connectivity index (χ1n) is 11.9. The summed E-state index contributed by atoms with van der Waals surface area (Å²) >= 11 is 0. The van der Waals surface area contributed by atoms with Crippen LogP contribution in [0.15, 0.2) is 18.2 Å². The third kappa shape index (κ3) is 11.4. The zero-order chi connectivity index (χ0) is 27.2. The Balaban J connectivity index is 0.000000706. The van der Waals surface area contributed by atoms with Gasteiger partial charge in [0, 0.05) is 43.9 Å². The lowest BCUT2D eigenvalue weighted by atomic mass is 10.1. The van der Waals surface area contributed by atoms with Crippen LogP contribution in [0.4, 0.5) is 5.69 Å². The zero-order valence-corrected chi connectivity index (χ0v) is 21.7. The maximum absolute atomic E-state index is 12.5. The second-order valence-corrected chi connectivity index (χ2v) is 7.00. The van der Waals surface area contributed by atoms with E-state index < -0.39 is 6.04 Å². The molecule has 0 bridgehead atoms. The minimum Gasteiger partial charge on any atom is -0.388 e. The fourth-order valence-corrected chi connectivity index (χ4v) is 3.26.